The van der Waals surface area contributed by atoms with Crippen molar-refractivity contribution >= 4 is 16.9 Å². The molecule has 1 atom stereocenters. The molecule has 0 saturated carbocycles. The standard InChI is InChI=1S/C20H20N6O4/c1-12(17-24-20(27)30-25-17)29-19-22-16-7-6-15(21-18(16)23-19)13-2-4-14(5-3-13)26-8-10-28-11-9-26/h2-7,12H,8-11H2,1H3,(H,21,22,23)(H,24,25,27). The Balaban J connectivity index is 1.35. The zero-order chi connectivity index (χ0) is 20.5. The molecule has 3 aromatic heterocycles. The number of ether oxygens (including phenoxy) is 2. The number of H-pyrrole nitrogens is 2. The normalized spacial score (nSPS) is 15.4. The minimum Gasteiger partial charge on any atom is -0.453 e. The molecule has 30 heavy (non-hydrogen) atoms. The molecule has 1 aliphatic heterocycles. The number of benzene rings is 1. The summed E-state index contributed by atoms with van der Waals surface area (Å²) in [6.07, 6.45) is -0.538. The Hall–Kier alpha value is -3.66. The van der Waals surface area contributed by atoms with Crippen LogP contribution in [0.1, 0.15) is 18.9 Å². The van der Waals surface area contributed by atoms with Gasteiger partial charge >= 0.3 is 5.76 Å². The quantitative estimate of drug-likeness (QED) is 0.516. The maximum absolute atomic E-state index is 11.1. The molecule has 0 radical (unpaired) electrons. The number of aromatic nitrogens is 5. The number of morpholine rings is 1. The van der Waals surface area contributed by atoms with Gasteiger partial charge in [0.1, 0.15) is 0 Å². The summed E-state index contributed by atoms with van der Waals surface area (Å²) in [6.45, 7) is 5.06. The Morgan fingerprint density at radius 2 is 1.87 bits per heavy atom. The maximum atomic E-state index is 11.1. The molecule has 1 fully saturated rings. The lowest BCUT2D eigenvalue weighted by Crippen LogP contribution is -2.36. The maximum Gasteiger partial charge on any atom is 0.439 e. The molecule has 5 rings (SSSR count). The molecule has 1 aromatic carbocycles. The van der Waals surface area contributed by atoms with Gasteiger partial charge in [0.2, 0.25) is 0 Å². The van der Waals surface area contributed by atoms with Gasteiger partial charge in [0.15, 0.2) is 17.6 Å². The highest BCUT2D eigenvalue weighted by Gasteiger charge is 2.16. The molecule has 1 unspecified atom stereocenters. The van der Waals surface area contributed by atoms with Gasteiger partial charge < -0.3 is 19.4 Å². The van der Waals surface area contributed by atoms with Gasteiger partial charge in [-0.2, -0.15) is 4.98 Å². The number of hydrogen-bond donors (Lipinski definition) is 2. The van der Waals surface area contributed by atoms with Crippen molar-refractivity contribution in [3.8, 4) is 17.3 Å². The number of aromatic amines is 2. The van der Waals surface area contributed by atoms with Gasteiger partial charge in [0.05, 0.1) is 24.4 Å². The summed E-state index contributed by atoms with van der Waals surface area (Å²) in [5.74, 6) is -0.342. The second-order valence-corrected chi connectivity index (χ2v) is 7.00. The van der Waals surface area contributed by atoms with Crippen molar-refractivity contribution < 1.29 is 14.0 Å². The highest BCUT2D eigenvalue weighted by molar-refractivity contribution is 5.76. The molecule has 10 heteroatoms. The summed E-state index contributed by atoms with van der Waals surface area (Å²) < 4.78 is 15.6. The SMILES string of the molecule is CC(Oc1nc2nc(-c3ccc(N4CCOCC4)cc3)ccc2[nH]1)c1noc(=O)[nH]1. The van der Waals surface area contributed by atoms with E-state index in [1.807, 2.05) is 12.1 Å². The molecular weight excluding hydrogens is 388 g/mol. The van der Waals surface area contributed by atoms with Crippen molar-refractivity contribution in [2.75, 3.05) is 31.2 Å². The van der Waals surface area contributed by atoms with E-state index in [0.717, 1.165) is 43.1 Å². The third-order valence-corrected chi connectivity index (χ3v) is 4.99. The minimum atomic E-state index is -0.629. The first-order chi connectivity index (χ1) is 14.7. The fourth-order valence-electron chi connectivity index (χ4n) is 3.39. The molecule has 0 spiro atoms. The molecule has 4 aromatic rings. The Morgan fingerprint density at radius 3 is 2.60 bits per heavy atom. The zero-order valence-corrected chi connectivity index (χ0v) is 16.3. The lowest BCUT2D eigenvalue weighted by Gasteiger charge is -2.28. The third kappa shape index (κ3) is 3.64. The van der Waals surface area contributed by atoms with Crippen molar-refractivity contribution in [1.82, 2.24) is 25.1 Å². The van der Waals surface area contributed by atoms with Crippen LogP contribution in [0, 0.1) is 0 Å². The molecule has 0 bridgehead atoms. The lowest BCUT2D eigenvalue weighted by atomic mass is 10.1. The summed E-state index contributed by atoms with van der Waals surface area (Å²) in [4.78, 5) is 28.0. The van der Waals surface area contributed by atoms with Gasteiger partial charge in [-0.3, -0.25) is 9.51 Å². The van der Waals surface area contributed by atoms with Gasteiger partial charge in [-0.15, -0.1) is 0 Å². The molecule has 2 N–H and O–H groups in total. The van der Waals surface area contributed by atoms with Gasteiger partial charge in [0, 0.05) is 24.3 Å². The molecule has 4 heterocycles. The Kier molecular flexibility index (Phi) is 4.68. The van der Waals surface area contributed by atoms with Crippen LogP contribution in [0.4, 0.5) is 5.69 Å². The summed E-state index contributed by atoms with van der Waals surface area (Å²) in [6, 6.07) is 12.5. The van der Waals surface area contributed by atoms with Crippen LogP contribution in [-0.4, -0.2) is 51.4 Å². The van der Waals surface area contributed by atoms with E-state index in [-0.39, 0.29) is 11.8 Å². The lowest BCUT2D eigenvalue weighted by molar-refractivity contribution is 0.122. The van der Waals surface area contributed by atoms with E-state index in [9.17, 15) is 4.79 Å². The van der Waals surface area contributed by atoms with Crippen molar-refractivity contribution in [2.45, 2.75) is 13.0 Å². The zero-order valence-electron chi connectivity index (χ0n) is 16.3. The number of imidazole rings is 1. The highest BCUT2D eigenvalue weighted by atomic mass is 16.5. The molecule has 0 amide bonds. The molecular formula is C20H20N6O4. The summed E-state index contributed by atoms with van der Waals surface area (Å²) >= 11 is 0. The van der Waals surface area contributed by atoms with E-state index >= 15 is 0 Å². The summed E-state index contributed by atoms with van der Waals surface area (Å²) in [5, 5.41) is 3.62. The first-order valence-electron chi connectivity index (χ1n) is 9.68. The van der Waals surface area contributed by atoms with Crippen LogP contribution < -0.4 is 15.4 Å². The summed E-state index contributed by atoms with van der Waals surface area (Å²) in [5.41, 5.74) is 4.30. The second-order valence-electron chi connectivity index (χ2n) is 7.00. The minimum absolute atomic E-state index is 0.286. The number of nitrogens with zero attached hydrogens (tertiary/aromatic N) is 4. The summed E-state index contributed by atoms with van der Waals surface area (Å²) in [7, 11) is 0. The van der Waals surface area contributed by atoms with Gasteiger partial charge in [-0.25, -0.2) is 9.78 Å². The monoisotopic (exact) mass is 408 g/mol. The Labute approximate surface area is 170 Å². The van der Waals surface area contributed by atoms with E-state index in [1.54, 1.807) is 6.92 Å². The van der Waals surface area contributed by atoms with Crippen LogP contribution in [0.2, 0.25) is 0 Å². The number of anilines is 1. The first kappa shape index (κ1) is 18.4. The van der Waals surface area contributed by atoms with Crippen LogP contribution >= 0.6 is 0 Å². The van der Waals surface area contributed by atoms with Crippen LogP contribution in [0.3, 0.4) is 0 Å². The molecule has 1 aliphatic rings. The first-order valence-corrected chi connectivity index (χ1v) is 9.68. The van der Waals surface area contributed by atoms with Crippen LogP contribution in [-0.2, 0) is 4.74 Å². The van der Waals surface area contributed by atoms with E-state index in [1.165, 1.54) is 5.69 Å². The fourth-order valence-corrected chi connectivity index (χ4v) is 3.39. The van der Waals surface area contributed by atoms with E-state index in [4.69, 9.17) is 9.47 Å². The molecule has 10 nitrogen and oxygen atoms in total. The van der Waals surface area contributed by atoms with E-state index in [2.05, 4.69) is 58.8 Å². The second kappa shape index (κ2) is 7.64. The Morgan fingerprint density at radius 1 is 1.07 bits per heavy atom. The topological polar surface area (TPSA) is 122 Å². The average molecular weight is 408 g/mol. The number of rotatable bonds is 5. The fraction of sp³-hybridized carbons (Fsp3) is 0.300. The van der Waals surface area contributed by atoms with Gasteiger partial charge in [-0.1, -0.05) is 17.3 Å². The van der Waals surface area contributed by atoms with E-state index in [0.29, 0.717) is 5.65 Å². The van der Waals surface area contributed by atoms with E-state index < -0.39 is 11.9 Å². The van der Waals surface area contributed by atoms with Crippen molar-refractivity contribution in [3.63, 3.8) is 0 Å². The molecule has 154 valence electrons. The average Bonchev–Trinajstić information content (AvgIpc) is 3.39. The van der Waals surface area contributed by atoms with Gasteiger partial charge in [-0.05, 0) is 31.2 Å². The van der Waals surface area contributed by atoms with Crippen LogP contribution in [0.25, 0.3) is 22.4 Å². The predicted molar refractivity (Wildman–Crippen MR) is 109 cm³/mol. The number of fused-ring (bicyclic) bond motifs is 1. The smallest absolute Gasteiger partial charge is 0.439 e. The number of hydrogen-bond acceptors (Lipinski definition) is 8. The van der Waals surface area contributed by atoms with Crippen LogP contribution in [0.5, 0.6) is 6.01 Å². The molecule has 1 saturated heterocycles. The Bertz CT molecular complexity index is 1210. The highest BCUT2D eigenvalue weighted by Crippen LogP contribution is 2.25. The van der Waals surface area contributed by atoms with Crippen molar-refractivity contribution in [1.29, 1.82) is 0 Å². The third-order valence-electron chi connectivity index (χ3n) is 4.99. The van der Waals surface area contributed by atoms with Crippen molar-refractivity contribution in [3.05, 3.63) is 52.8 Å². The molecule has 0 aliphatic carbocycles. The van der Waals surface area contributed by atoms with Crippen molar-refractivity contribution in [2.24, 2.45) is 0 Å². The van der Waals surface area contributed by atoms with Gasteiger partial charge in [0.25, 0.3) is 6.01 Å². The van der Waals surface area contributed by atoms with Crippen LogP contribution in [0.15, 0.2) is 45.7 Å². The number of nitrogens with one attached hydrogen (secondary N) is 2. The largest absolute Gasteiger partial charge is 0.453 e. The predicted octanol–water partition coefficient (Wildman–Crippen LogP) is 2.28. The number of pyridine rings is 1.